The summed E-state index contributed by atoms with van der Waals surface area (Å²) in [5.41, 5.74) is 2.83. The van der Waals surface area contributed by atoms with Gasteiger partial charge in [0.2, 0.25) is 5.91 Å². The molecule has 7 heteroatoms. The first-order valence-electron chi connectivity index (χ1n) is 8.72. The summed E-state index contributed by atoms with van der Waals surface area (Å²) in [6.07, 6.45) is 3.51. The van der Waals surface area contributed by atoms with Gasteiger partial charge >= 0.3 is 0 Å². The number of likely N-dealkylation sites (N-methyl/N-ethyl adjacent to an activating group) is 1. The van der Waals surface area contributed by atoms with Gasteiger partial charge in [0, 0.05) is 25.5 Å². The Labute approximate surface area is 156 Å². The third-order valence-corrected chi connectivity index (χ3v) is 4.24. The van der Waals surface area contributed by atoms with Crippen molar-refractivity contribution in [2.75, 3.05) is 13.1 Å². The molecule has 1 aromatic carbocycles. The normalized spacial score (nSPS) is 10.8. The standard InChI is InChI=1S/C20H21FN4O2/c1-3-24(13-19(26)22-11-15-4-6-16(21)7-5-15)20(27)17-12-25-9-8-14(2)10-18(25)23-17/h4-10,12H,3,11,13H2,1-2H3,(H,22,26). The highest BCUT2D eigenvalue weighted by molar-refractivity contribution is 5.95. The fraction of sp³-hybridized carbons (Fsp3) is 0.250. The Hall–Kier alpha value is -3.22. The molecule has 0 atom stereocenters. The number of hydrogen-bond acceptors (Lipinski definition) is 3. The van der Waals surface area contributed by atoms with Crippen LogP contribution in [0.5, 0.6) is 0 Å². The molecule has 3 rings (SSSR count). The van der Waals surface area contributed by atoms with E-state index in [0.717, 1.165) is 11.1 Å². The van der Waals surface area contributed by atoms with E-state index in [1.807, 2.05) is 32.2 Å². The fourth-order valence-corrected chi connectivity index (χ4v) is 2.71. The summed E-state index contributed by atoms with van der Waals surface area (Å²) in [4.78, 5) is 30.7. The van der Waals surface area contributed by atoms with Crippen molar-refractivity contribution in [3.8, 4) is 0 Å². The van der Waals surface area contributed by atoms with Crippen LogP contribution < -0.4 is 5.32 Å². The molecule has 0 unspecified atom stereocenters. The molecule has 0 aliphatic rings. The number of halogens is 1. The second kappa shape index (κ2) is 7.99. The molecule has 0 fully saturated rings. The molecule has 140 valence electrons. The Morgan fingerprint density at radius 2 is 1.96 bits per heavy atom. The van der Waals surface area contributed by atoms with Crippen LogP contribution in [-0.4, -0.2) is 39.2 Å². The van der Waals surface area contributed by atoms with Gasteiger partial charge in [0.1, 0.15) is 17.2 Å². The predicted molar refractivity (Wildman–Crippen MR) is 99.8 cm³/mol. The zero-order valence-corrected chi connectivity index (χ0v) is 15.3. The Bertz CT molecular complexity index is 966. The van der Waals surface area contributed by atoms with Gasteiger partial charge in [-0.15, -0.1) is 0 Å². The second-order valence-electron chi connectivity index (χ2n) is 6.32. The number of aryl methyl sites for hydroxylation is 1. The molecule has 3 aromatic rings. The largest absolute Gasteiger partial charge is 0.350 e. The Balaban J connectivity index is 1.63. The highest BCUT2D eigenvalue weighted by atomic mass is 19.1. The monoisotopic (exact) mass is 368 g/mol. The average molecular weight is 368 g/mol. The van der Waals surface area contributed by atoms with E-state index in [2.05, 4.69) is 10.3 Å². The predicted octanol–water partition coefficient (Wildman–Crippen LogP) is 2.56. The number of carbonyl (C=O) groups excluding carboxylic acids is 2. The lowest BCUT2D eigenvalue weighted by atomic mass is 10.2. The highest BCUT2D eigenvalue weighted by Crippen LogP contribution is 2.10. The number of amides is 2. The topological polar surface area (TPSA) is 66.7 Å². The number of rotatable bonds is 6. The number of fused-ring (bicyclic) bond motifs is 1. The van der Waals surface area contributed by atoms with E-state index in [0.29, 0.717) is 17.9 Å². The molecule has 0 aliphatic heterocycles. The number of hydrogen-bond donors (Lipinski definition) is 1. The van der Waals surface area contributed by atoms with Crippen molar-refractivity contribution in [3.05, 3.63) is 71.4 Å². The summed E-state index contributed by atoms with van der Waals surface area (Å²) in [6, 6.07) is 9.73. The van der Waals surface area contributed by atoms with Crippen molar-refractivity contribution in [2.24, 2.45) is 0 Å². The van der Waals surface area contributed by atoms with Gasteiger partial charge < -0.3 is 14.6 Å². The van der Waals surface area contributed by atoms with Crippen LogP contribution in [0.25, 0.3) is 5.65 Å². The first kappa shape index (κ1) is 18.6. The smallest absolute Gasteiger partial charge is 0.274 e. The summed E-state index contributed by atoms with van der Waals surface area (Å²) < 4.78 is 14.7. The number of benzene rings is 1. The van der Waals surface area contributed by atoms with Gasteiger partial charge in [0.25, 0.3) is 5.91 Å². The van der Waals surface area contributed by atoms with Crippen LogP contribution in [0, 0.1) is 12.7 Å². The van der Waals surface area contributed by atoms with Gasteiger partial charge in [-0.05, 0) is 49.2 Å². The van der Waals surface area contributed by atoms with Gasteiger partial charge in [-0.1, -0.05) is 12.1 Å². The van der Waals surface area contributed by atoms with E-state index in [9.17, 15) is 14.0 Å². The van der Waals surface area contributed by atoms with Crippen molar-refractivity contribution >= 4 is 17.5 Å². The van der Waals surface area contributed by atoms with E-state index < -0.39 is 0 Å². The van der Waals surface area contributed by atoms with Crippen LogP contribution in [0.3, 0.4) is 0 Å². The minimum atomic E-state index is -0.324. The number of carbonyl (C=O) groups is 2. The minimum Gasteiger partial charge on any atom is -0.350 e. The van der Waals surface area contributed by atoms with Crippen molar-refractivity contribution in [3.63, 3.8) is 0 Å². The van der Waals surface area contributed by atoms with Gasteiger partial charge in [-0.2, -0.15) is 0 Å². The summed E-state index contributed by atoms with van der Waals surface area (Å²) in [7, 11) is 0. The lowest BCUT2D eigenvalue weighted by molar-refractivity contribution is -0.121. The van der Waals surface area contributed by atoms with Crippen LogP contribution in [0.4, 0.5) is 4.39 Å². The van der Waals surface area contributed by atoms with Crippen LogP contribution in [0.1, 0.15) is 28.5 Å². The number of imidazole rings is 1. The summed E-state index contributed by atoms with van der Waals surface area (Å²) >= 11 is 0. The molecule has 6 nitrogen and oxygen atoms in total. The van der Waals surface area contributed by atoms with Crippen molar-refractivity contribution < 1.29 is 14.0 Å². The quantitative estimate of drug-likeness (QED) is 0.727. The molecule has 0 radical (unpaired) electrons. The van der Waals surface area contributed by atoms with E-state index in [1.165, 1.54) is 17.0 Å². The average Bonchev–Trinajstić information content (AvgIpc) is 3.08. The van der Waals surface area contributed by atoms with Crippen LogP contribution in [-0.2, 0) is 11.3 Å². The van der Waals surface area contributed by atoms with E-state index >= 15 is 0 Å². The number of nitrogens with one attached hydrogen (secondary N) is 1. The second-order valence-corrected chi connectivity index (χ2v) is 6.32. The molecule has 0 saturated carbocycles. The van der Waals surface area contributed by atoms with Crippen molar-refractivity contribution in [2.45, 2.75) is 20.4 Å². The number of pyridine rings is 1. The Morgan fingerprint density at radius 1 is 1.22 bits per heavy atom. The van der Waals surface area contributed by atoms with Crippen LogP contribution in [0.15, 0.2) is 48.8 Å². The van der Waals surface area contributed by atoms with Crippen LogP contribution >= 0.6 is 0 Å². The molecular formula is C20H21FN4O2. The molecule has 1 N–H and O–H groups in total. The van der Waals surface area contributed by atoms with Crippen molar-refractivity contribution in [1.29, 1.82) is 0 Å². The maximum atomic E-state index is 12.9. The third kappa shape index (κ3) is 4.49. The zero-order valence-electron chi connectivity index (χ0n) is 15.3. The number of aromatic nitrogens is 2. The van der Waals surface area contributed by atoms with Crippen LogP contribution in [0.2, 0.25) is 0 Å². The molecule has 0 bridgehead atoms. The first-order valence-corrected chi connectivity index (χ1v) is 8.72. The first-order chi connectivity index (χ1) is 13.0. The SMILES string of the molecule is CCN(CC(=O)NCc1ccc(F)cc1)C(=O)c1cn2ccc(C)cc2n1. The summed E-state index contributed by atoms with van der Waals surface area (Å²) in [6.45, 7) is 4.36. The molecule has 2 aromatic heterocycles. The molecule has 2 amide bonds. The molecular weight excluding hydrogens is 347 g/mol. The Morgan fingerprint density at radius 3 is 2.67 bits per heavy atom. The molecule has 2 heterocycles. The van der Waals surface area contributed by atoms with Gasteiger partial charge in [0.15, 0.2) is 0 Å². The van der Waals surface area contributed by atoms with E-state index in [4.69, 9.17) is 0 Å². The third-order valence-electron chi connectivity index (χ3n) is 4.24. The summed E-state index contributed by atoms with van der Waals surface area (Å²) in [5.74, 6) is -0.902. The minimum absolute atomic E-state index is 0.0660. The molecule has 27 heavy (non-hydrogen) atoms. The lowest BCUT2D eigenvalue weighted by Crippen LogP contribution is -2.40. The molecule has 0 spiro atoms. The van der Waals surface area contributed by atoms with E-state index in [1.54, 1.807) is 22.7 Å². The Kier molecular flexibility index (Phi) is 5.49. The maximum Gasteiger partial charge on any atom is 0.274 e. The van der Waals surface area contributed by atoms with Gasteiger partial charge in [-0.25, -0.2) is 9.37 Å². The van der Waals surface area contributed by atoms with Gasteiger partial charge in [0.05, 0.1) is 6.54 Å². The number of nitrogens with zero attached hydrogens (tertiary/aromatic N) is 3. The fourth-order valence-electron chi connectivity index (χ4n) is 2.71. The molecule has 0 saturated heterocycles. The lowest BCUT2D eigenvalue weighted by Gasteiger charge is -2.19. The molecule has 0 aliphatic carbocycles. The zero-order chi connectivity index (χ0) is 19.4. The van der Waals surface area contributed by atoms with Crippen molar-refractivity contribution in [1.82, 2.24) is 19.6 Å². The summed E-state index contributed by atoms with van der Waals surface area (Å²) in [5, 5.41) is 2.74. The highest BCUT2D eigenvalue weighted by Gasteiger charge is 2.20. The van der Waals surface area contributed by atoms with Gasteiger partial charge in [-0.3, -0.25) is 9.59 Å². The maximum absolute atomic E-state index is 12.9. The van der Waals surface area contributed by atoms with E-state index in [-0.39, 0.29) is 30.7 Å².